The molecule has 2 aromatic carbocycles. The molecule has 0 saturated carbocycles. The van der Waals surface area contributed by atoms with Gasteiger partial charge in [0.1, 0.15) is 5.75 Å². The van der Waals surface area contributed by atoms with Crippen molar-refractivity contribution in [2.24, 2.45) is 0 Å². The lowest BCUT2D eigenvalue weighted by Crippen LogP contribution is -2.34. The minimum Gasteiger partial charge on any atom is -0.491 e. The van der Waals surface area contributed by atoms with Gasteiger partial charge in [0.25, 0.3) is 5.91 Å². The van der Waals surface area contributed by atoms with E-state index < -0.39 is 0 Å². The summed E-state index contributed by atoms with van der Waals surface area (Å²) in [5.74, 6) is 0.493. The number of carbonyl (C=O) groups excluding carboxylic acids is 1. The smallest absolute Gasteiger partial charge is 0.257 e. The SMILES string of the molecule is CC[C@@H](C)Oc1ccc(C(=O)NC(=S)Nc2ccc(N(CC)CC)cc2)cc1. The fourth-order valence-electron chi connectivity index (χ4n) is 2.68. The molecule has 28 heavy (non-hydrogen) atoms. The van der Waals surface area contributed by atoms with Crippen molar-refractivity contribution in [1.29, 1.82) is 0 Å². The first-order valence-corrected chi connectivity index (χ1v) is 10.1. The quantitative estimate of drug-likeness (QED) is 0.622. The first-order chi connectivity index (χ1) is 13.5. The summed E-state index contributed by atoms with van der Waals surface area (Å²) in [6, 6.07) is 15.0. The van der Waals surface area contributed by atoms with Crippen molar-refractivity contribution >= 4 is 34.6 Å². The number of nitrogens with zero attached hydrogens (tertiary/aromatic N) is 1. The zero-order valence-corrected chi connectivity index (χ0v) is 17.8. The first-order valence-electron chi connectivity index (χ1n) is 9.70. The van der Waals surface area contributed by atoms with Gasteiger partial charge in [-0.15, -0.1) is 0 Å². The molecule has 0 heterocycles. The lowest BCUT2D eigenvalue weighted by atomic mass is 10.2. The van der Waals surface area contributed by atoms with Crippen LogP contribution in [0.25, 0.3) is 0 Å². The summed E-state index contributed by atoms with van der Waals surface area (Å²) in [7, 11) is 0. The summed E-state index contributed by atoms with van der Waals surface area (Å²) in [4.78, 5) is 14.6. The third kappa shape index (κ3) is 6.23. The number of hydrogen-bond acceptors (Lipinski definition) is 4. The molecule has 0 fully saturated rings. The van der Waals surface area contributed by atoms with Crippen LogP contribution in [0.5, 0.6) is 5.75 Å². The molecule has 1 amide bonds. The fraction of sp³-hybridized carbons (Fsp3) is 0.364. The number of amides is 1. The largest absolute Gasteiger partial charge is 0.491 e. The van der Waals surface area contributed by atoms with Crippen molar-refractivity contribution in [2.75, 3.05) is 23.3 Å². The van der Waals surface area contributed by atoms with Crippen LogP contribution in [-0.4, -0.2) is 30.2 Å². The summed E-state index contributed by atoms with van der Waals surface area (Å²) in [5.41, 5.74) is 2.52. The maximum Gasteiger partial charge on any atom is 0.257 e. The van der Waals surface area contributed by atoms with Crippen LogP contribution < -0.4 is 20.3 Å². The Morgan fingerprint density at radius 1 is 1.04 bits per heavy atom. The molecule has 0 aromatic heterocycles. The van der Waals surface area contributed by atoms with E-state index in [1.165, 1.54) is 0 Å². The lowest BCUT2D eigenvalue weighted by Gasteiger charge is -2.21. The second-order valence-corrected chi connectivity index (χ2v) is 6.90. The Balaban J connectivity index is 1.91. The second-order valence-electron chi connectivity index (χ2n) is 6.49. The predicted molar refractivity (Wildman–Crippen MR) is 121 cm³/mol. The summed E-state index contributed by atoms with van der Waals surface area (Å²) in [5, 5.41) is 6.02. The molecule has 5 nitrogen and oxygen atoms in total. The lowest BCUT2D eigenvalue weighted by molar-refractivity contribution is 0.0977. The van der Waals surface area contributed by atoms with Crippen LogP contribution in [-0.2, 0) is 0 Å². The van der Waals surface area contributed by atoms with Crippen molar-refractivity contribution in [3.05, 3.63) is 54.1 Å². The number of thiocarbonyl (C=S) groups is 1. The molecule has 0 spiro atoms. The van der Waals surface area contributed by atoms with E-state index in [0.717, 1.165) is 36.6 Å². The van der Waals surface area contributed by atoms with Crippen LogP contribution in [0.15, 0.2) is 48.5 Å². The molecule has 0 radical (unpaired) electrons. The molecule has 2 rings (SSSR count). The molecule has 0 saturated heterocycles. The van der Waals surface area contributed by atoms with Crippen molar-refractivity contribution in [3.8, 4) is 5.75 Å². The van der Waals surface area contributed by atoms with Gasteiger partial charge in [-0.2, -0.15) is 0 Å². The molecule has 0 aliphatic carbocycles. The van der Waals surface area contributed by atoms with E-state index in [9.17, 15) is 4.79 Å². The Labute approximate surface area is 173 Å². The van der Waals surface area contributed by atoms with Gasteiger partial charge in [-0.25, -0.2) is 0 Å². The van der Waals surface area contributed by atoms with Gasteiger partial charge in [-0.05, 0) is 87.9 Å². The van der Waals surface area contributed by atoms with Gasteiger partial charge in [-0.3, -0.25) is 10.1 Å². The van der Waals surface area contributed by atoms with Crippen LogP contribution in [0.4, 0.5) is 11.4 Å². The molecule has 2 N–H and O–H groups in total. The molecule has 0 aliphatic heterocycles. The molecule has 0 unspecified atom stereocenters. The molecule has 150 valence electrons. The van der Waals surface area contributed by atoms with Gasteiger partial charge in [0.2, 0.25) is 0 Å². The molecule has 2 aromatic rings. The standard InChI is InChI=1S/C22H29N3O2S/c1-5-16(4)27-20-14-8-17(9-15-20)21(26)24-22(28)23-18-10-12-19(13-11-18)25(6-2)7-3/h8-16H,5-7H2,1-4H3,(H2,23,24,26,28)/t16-/m1/s1. The fourth-order valence-corrected chi connectivity index (χ4v) is 2.89. The van der Waals surface area contributed by atoms with E-state index in [4.69, 9.17) is 17.0 Å². The molecule has 6 heteroatoms. The average Bonchev–Trinajstić information content (AvgIpc) is 2.70. The first kappa shape index (κ1) is 21.7. The number of rotatable bonds is 8. The Bertz CT molecular complexity index is 771. The van der Waals surface area contributed by atoms with Gasteiger partial charge in [0, 0.05) is 30.0 Å². The number of nitrogens with one attached hydrogen (secondary N) is 2. The topological polar surface area (TPSA) is 53.6 Å². The van der Waals surface area contributed by atoms with E-state index in [2.05, 4.69) is 36.3 Å². The molecular formula is C22H29N3O2S. The third-order valence-corrected chi connectivity index (χ3v) is 4.71. The molecule has 1 atom stereocenters. The van der Waals surface area contributed by atoms with Gasteiger partial charge in [0.15, 0.2) is 5.11 Å². The Kier molecular flexibility index (Phi) is 8.26. The van der Waals surface area contributed by atoms with Crippen molar-refractivity contribution in [2.45, 2.75) is 40.2 Å². The predicted octanol–water partition coefficient (Wildman–Crippen LogP) is 4.84. The van der Waals surface area contributed by atoms with E-state index in [1.807, 2.05) is 31.2 Å². The molecular weight excluding hydrogens is 370 g/mol. The van der Waals surface area contributed by atoms with Gasteiger partial charge in [0.05, 0.1) is 6.10 Å². The summed E-state index contributed by atoms with van der Waals surface area (Å²) >= 11 is 5.26. The number of ether oxygens (including phenoxy) is 1. The van der Waals surface area contributed by atoms with Gasteiger partial charge < -0.3 is 15.0 Å². The Morgan fingerprint density at radius 3 is 2.18 bits per heavy atom. The van der Waals surface area contributed by atoms with Crippen LogP contribution in [0, 0.1) is 0 Å². The normalized spacial score (nSPS) is 11.4. The second kappa shape index (κ2) is 10.7. The highest BCUT2D eigenvalue weighted by Crippen LogP contribution is 2.18. The highest BCUT2D eigenvalue weighted by molar-refractivity contribution is 7.80. The van der Waals surface area contributed by atoms with Crippen molar-refractivity contribution in [1.82, 2.24) is 5.32 Å². The van der Waals surface area contributed by atoms with Crippen LogP contribution in [0.1, 0.15) is 44.5 Å². The molecule has 0 aliphatic rings. The summed E-state index contributed by atoms with van der Waals surface area (Å²) in [6.07, 6.45) is 1.07. The zero-order chi connectivity index (χ0) is 20.5. The Hall–Kier alpha value is -2.60. The third-order valence-electron chi connectivity index (χ3n) is 4.51. The monoisotopic (exact) mass is 399 g/mol. The number of carbonyl (C=O) groups is 1. The van der Waals surface area contributed by atoms with E-state index in [-0.39, 0.29) is 17.1 Å². The van der Waals surface area contributed by atoms with Gasteiger partial charge in [-0.1, -0.05) is 6.92 Å². The highest BCUT2D eigenvalue weighted by atomic mass is 32.1. The molecule has 0 bridgehead atoms. The van der Waals surface area contributed by atoms with Crippen LogP contribution >= 0.6 is 12.2 Å². The zero-order valence-electron chi connectivity index (χ0n) is 17.0. The maximum absolute atomic E-state index is 12.4. The van der Waals surface area contributed by atoms with Gasteiger partial charge >= 0.3 is 0 Å². The van der Waals surface area contributed by atoms with E-state index in [1.54, 1.807) is 24.3 Å². The van der Waals surface area contributed by atoms with Crippen LogP contribution in [0.3, 0.4) is 0 Å². The average molecular weight is 400 g/mol. The maximum atomic E-state index is 12.4. The van der Waals surface area contributed by atoms with Crippen molar-refractivity contribution in [3.63, 3.8) is 0 Å². The van der Waals surface area contributed by atoms with E-state index in [0.29, 0.717) is 5.56 Å². The summed E-state index contributed by atoms with van der Waals surface area (Å²) < 4.78 is 5.73. The Morgan fingerprint density at radius 2 is 1.64 bits per heavy atom. The minimum absolute atomic E-state index is 0.143. The minimum atomic E-state index is -0.257. The van der Waals surface area contributed by atoms with E-state index >= 15 is 0 Å². The number of benzene rings is 2. The number of anilines is 2. The van der Waals surface area contributed by atoms with Crippen molar-refractivity contribution < 1.29 is 9.53 Å². The highest BCUT2D eigenvalue weighted by Gasteiger charge is 2.09. The van der Waals surface area contributed by atoms with Crippen LogP contribution in [0.2, 0.25) is 0 Å². The summed E-state index contributed by atoms with van der Waals surface area (Å²) in [6.45, 7) is 10.3. The number of hydrogen-bond donors (Lipinski definition) is 2.